The van der Waals surface area contributed by atoms with Gasteiger partial charge in [-0.1, -0.05) is 13.8 Å². The molecule has 0 aromatic carbocycles. The molecule has 0 atom stereocenters. The Morgan fingerprint density at radius 3 is 2.30 bits per heavy atom. The van der Waals surface area contributed by atoms with Crippen molar-refractivity contribution in [3.05, 3.63) is 23.4 Å². The van der Waals surface area contributed by atoms with E-state index in [0.717, 1.165) is 17.8 Å². The van der Waals surface area contributed by atoms with Crippen LogP contribution in [0.5, 0.6) is 0 Å². The van der Waals surface area contributed by atoms with Crippen molar-refractivity contribution in [3.8, 4) is 0 Å². The molecule has 0 aliphatic carbocycles. The fourth-order valence-corrected chi connectivity index (χ4v) is 1.87. The van der Waals surface area contributed by atoms with Gasteiger partial charge in [0.1, 0.15) is 5.82 Å². The number of carbonyl (C=O) groups excluding carboxylic acids is 1. The van der Waals surface area contributed by atoms with Gasteiger partial charge in [0.25, 0.3) is 0 Å². The molecular weight excluding hydrogens is 318 g/mol. The molecule has 2 N–H and O–H groups in total. The normalized spacial score (nSPS) is 10.1. The van der Waals surface area contributed by atoms with Crippen LogP contribution in [0.25, 0.3) is 0 Å². The third-order valence-corrected chi connectivity index (χ3v) is 2.89. The third kappa shape index (κ3) is 8.74. The maximum absolute atomic E-state index is 12.3. The highest BCUT2D eigenvalue weighted by Gasteiger charge is 2.19. The number of anilines is 1. The summed E-state index contributed by atoms with van der Waals surface area (Å²) in [6.07, 6.45) is -0.331. The minimum Gasteiger partial charge on any atom is -0.449 e. The van der Waals surface area contributed by atoms with Crippen LogP contribution in [0.3, 0.4) is 0 Å². The Labute approximate surface area is 145 Å². The molecule has 1 aromatic rings. The summed E-state index contributed by atoms with van der Waals surface area (Å²) in [5.74, 6) is 0.972. The average Bonchev–Trinajstić information content (AvgIpc) is 2.35. The molecule has 0 unspecified atom stereocenters. The second-order valence-electron chi connectivity index (χ2n) is 6.07. The molecule has 1 aromatic heterocycles. The number of carbonyl (C=O) groups is 1. The Bertz CT molecular complexity index is 461. The number of hydrogen-bond acceptors (Lipinski definition) is 4. The molecule has 0 aliphatic heterocycles. The number of ether oxygens (including phenoxy) is 1. The van der Waals surface area contributed by atoms with E-state index in [1.165, 1.54) is 0 Å². The second kappa shape index (κ2) is 11.2. The van der Waals surface area contributed by atoms with Gasteiger partial charge < -0.3 is 15.1 Å². The van der Waals surface area contributed by atoms with Crippen molar-refractivity contribution in [2.75, 3.05) is 38.7 Å². The number of aryl methyl sites for hydroxylation is 2. The van der Waals surface area contributed by atoms with E-state index >= 15 is 0 Å². The summed E-state index contributed by atoms with van der Waals surface area (Å²) < 4.78 is 5.36. The van der Waals surface area contributed by atoms with Crippen molar-refractivity contribution < 1.29 is 15.0 Å². The van der Waals surface area contributed by atoms with Crippen molar-refractivity contribution in [1.82, 2.24) is 9.88 Å². The standard InChI is InChI=1S/C16H27N3O2.ClH.H2O/c1-12(2)11-21-16(20)19(8-7-18(5)6)15-10-13(3)9-14(4)17-15;;/h9-10,12H,7-8,11H2,1-6H3;1H;1H2. The van der Waals surface area contributed by atoms with E-state index in [2.05, 4.69) is 4.98 Å². The lowest BCUT2D eigenvalue weighted by atomic mass is 10.2. The first-order chi connectivity index (χ1) is 9.79. The third-order valence-electron chi connectivity index (χ3n) is 2.89. The Hall–Kier alpha value is -1.37. The van der Waals surface area contributed by atoms with Crippen LogP contribution in [0.2, 0.25) is 0 Å². The smallest absolute Gasteiger partial charge is 0.415 e. The Kier molecular flexibility index (Phi) is 11.6. The lowest BCUT2D eigenvalue weighted by molar-refractivity contribution is 0.139. The fraction of sp³-hybridized carbons (Fsp3) is 0.625. The molecule has 0 radical (unpaired) electrons. The molecule has 0 bridgehead atoms. The number of likely N-dealkylation sites (N-methyl/N-ethyl adjacent to an activating group) is 1. The van der Waals surface area contributed by atoms with E-state index in [9.17, 15) is 4.79 Å². The second-order valence-corrected chi connectivity index (χ2v) is 6.07. The Balaban J connectivity index is 0. The molecule has 1 amide bonds. The lowest BCUT2D eigenvalue weighted by Gasteiger charge is -2.24. The van der Waals surface area contributed by atoms with E-state index in [-0.39, 0.29) is 24.0 Å². The van der Waals surface area contributed by atoms with Crippen molar-refractivity contribution in [2.24, 2.45) is 5.92 Å². The summed E-state index contributed by atoms with van der Waals surface area (Å²) in [6.45, 7) is 9.70. The number of rotatable bonds is 6. The SMILES string of the molecule is Cc1cc(C)nc(N(CCN(C)C)C(=O)OCC(C)C)c1.Cl.O. The zero-order chi connectivity index (χ0) is 16.0. The largest absolute Gasteiger partial charge is 0.449 e. The minimum absolute atomic E-state index is 0. The van der Waals surface area contributed by atoms with Crippen LogP contribution >= 0.6 is 12.4 Å². The molecule has 134 valence electrons. The fourth-order valence-electron chi connectivity index (χ4n) is 1.87. The highest BCUT2D eigenvalue weighted by atomic mass is 35.5. The minimum atomic E-state index is -0.331. The van der Waals surface area contributed by atoms with E-state index in [1.807, 2.05) is 58.8 Å². The number of pyridine rings is 1. The monoisotopic (exact) mass is 347 g/mol. The zero-order valence-corrected chi connectivity index (χ0v) is 15.7. The molecule has 0 fully saturated rings. The van der Waals surface area contributed by atoms with Crippen LogP contribution in [0, 0.1) is 19.8 Å². The van der Waals surface area contributed by atoms with Gasteiger partial charge in [-0.05, 0) is 51.6 Å². The van der Waals surface area contributed by atoms with E-state index in [4.69, 9.17) is 4.74 Å². The summed E-state index contributed by atoms with van der Waals surface area (Å²) in [5, 5.41) is 0. The van der Waals surface area contributed by atoms with Crippen LogP contribution in [-0.2, 0) is 4.74 Å². The number of amides is 1. The first-order valence-electron chi connectivity index (χ1n) is 7.34. The number of halogens is 1. The first kappa shape index (κ1) is 23.9. The molecule has 6 nitrogen and oxygen atoms in total. The van der Waals surface area contributed by atoms with E-state index in [0.29, 0.717) is 24.9 Å². The molecule has 0 spiro atoms. The van der Waals surface area contributed by atoms with E-state index < -0.39 is 0 Å². The highest BCUT2D eigenvalue weighted by Crippen LogP contribution is 2.16. The van der Waals surface area contributed by atoms with Gasteiger partial charge in [0.15, 0.2) is 0 Å². The van der Waals surface area contributed by atoms with Crippen molar-refractivity contribution in [3.63, 3.8) is 0 Å². The number of nitrogens with zero attached hydrogens (tertiary/aromatic N) is 3. The van der Waals surface area contributed by atoms with Gasteiger partial charge in [-0.3, -0.25) is 4.90 Å². The lowest BCUT2D eigenvalue weighted by Crippen LogP contribution is -2.38. The maximum Gasteiger partial charge on any atom is 0.415 e. The van der Waals surface area contributed by atoms with Gasteiger partial charge in [-0.25, -0.2) is 9.78 Å². The first-order valence-corrected chi connectivity index (χ1v) is 7.34. The zero-order valence-electron chi connectivity index (χ0n) is 14.9. The van der Waals surface area contributed by atoms with Gasteiger partial charge in [0.05, 0.1) is 6.61 Å². The van der Waals surface area contributed by atoms with Crippen LogP contribution in [-0.4, -0.2) is 55.2 Å². The quantitative estimate of drug-likeness (QED) is 0.791. The molecule has 1 heterocycles. The van der Waals surface area contributed by atoms with Crippen LogP contribution in [0.1, 0.15) is 25.1 Å². The predicted molar refractivity (Wildman–Crippen MR) is 96.7 cm³/mol. The van der Waals surface area contributed by atoms with Crippen LogP contribution in [0.4, 0.5) is 10.6 Å². The van der Waals surface area contributed by atoms with Crippen LogP contribution in [0.15, 0.2) is 12.1 Å². The van der Waals surface area contributed by atoms with Crippen molar-refractivity contribution in [1.29, 1.82) is 0 Å². The molecule has 1 rings (SSSR count). The maximum atomic E-state index is 12.3. The van der Waals surface area contributed by atoms with Gasteiger partial charge >= 0.3 is 6.09 Å². The summed E-state index contributed by atoms with van der Waals surface area (Å²) in [4.78, 5) is 20.4. The van der Waals surface area contributed by atoms with Gasteiger partial charge in [-0.15, -0.1) is 12.4 Å². The summed E-state index contributed by atoms with van der Waals surface area (Å²) in [6, 6.07) is 3.91. The Morgan fingerprint density at radius 1 is 1.22 bits per heavy atom. The number of hydrogen-bond donors (Lipinski definition) is 0. The molecule has 0 saturated heterocycles. The van der Waals surface area contributed by atoms with Crippen molar-refractivity contribution in [2.45, 2.75) is 27.7 Å². The van der Waals surface area contributed by atoms with Gasteiger partial charge in [-0.2, -0.15) is 0 Å². The molecule has 0 saturated carbocycles. The van der Waals surface area contributed by atoms with Crippen LogP contribution < -0.4 is 4.90 Å². The predicted octanol–water partition coefficient (Wildman–Crippen LogP) is 2.46. The molecule has 7 heteroatoms. The molecule has 23 heavy (non-hydrogen) atoms. The Morgan fingerprint density at radius 2 is 1.83 bits per heavy atom. The summed E-state index contributed by atoms with van der Waals surface area (Å²) in [5.41, 5.74) is 1.99. The van der Waals surface area contributed by atoms with Crippen molar-refractivity contribution >= 4 is 24.3 Å². The summed E-state index contributed by atoms with van der Waals surface area (Å²) >= 11 is 0. The number of aromatic nitrogens is 1. The van der Waals surface area contributed by atoms with Gasteiger partial charge in [0.2, 0.25) is 0 Å². The highest BCUT2D eigenvalue weighted by molar-refractivity contribution is 5.86. The summed E-state index contributed by atoms with van der Waals surface area (Å²) in [7, 11) is 3.96. The topological polar surface area (TPSA) is 77.2 Å². The average molecular weight is 348 g/mol. The molecule has 0 aliphatic rings. The molecular formula is C16H30ClN3O3. The van der Waals surface area contributed by atoms with E-state index in [1.54, 1.807) is 4.90 Å². The van der Waals surface area contributed by atoms with Gasteiger partial charge in [0, 0.05) is 18.8 Å².